The molecule has 1 fully saturated rings. The largest absolute Gasteiger partial charge is 0.491 e. The summed E-state index contributed by atoms with van der Waals surface area (Å²) in [6.45, 7) is 6.19. The molecule has 0 aromatic heterocycles. The number of hydrogen-bond acceptors (Lipinski definition) is 3. The quantitative estimate of drug-likeness (QED) is 0.875. The number of carbonyl (C=O) groups is 1. The van der Waals surface area contributed by atoms with Crippen LogP contribution in [0.25, 0.3) is 0 Å². The van der Waals surface area contributed by atoms with Crippen LogP contribution < -0.4 is 10.1 Å². The first-order valence-electron chi connectivity index (χ1n) is 7.86. The number of amides is 1. The average Bonchev–Trinajstić information content (AvgIpc) is 2.48. The zero-order valence-corrected chi connectivity index (χ0v) is 13.0. The second kappa shape index (κ2) is 8.03. The molecule has 0 aliphatic carbocycles. The van der Waals surface area contributed by atoms with Gasteiger partial charge in [-0.2, -0.15) is 0 Å². The van der Waals surface area contributed by atoms with Crippen LogP contribution in [0.4, 0.5) is 0 Å². The minimum absolute atomic E-state index is 0.0119. The van der Waals surface area contributed by atoms with E-state index in [1.807, 2.05) is 37.3 Å². The van der Waals surface area contributed by atoms with E-state index in [2.05, 4.69) is 17.1 Å². The van der Waals surface area contributed by atoms with Gasteiger partial charge in [0.2, 0.25) is 5.91 Å². The lowest BCUT2D eigenvalue weighted by Gasteiger charge is -2.32. The van der Waals surface area contributed by atoms with E-state index in [4.69, 9.17) is 4.74 Å². The third kappa shape index (κ3) is 5.38. The van der Waals surface area contributed by atoms with Gasteiger partial charge in [-0.3, -0.25) is 9.69 Å². The number of benzene rings is 1. The van der Waals surface area contributed by atoms with E-state index < -0.39 is 0 Å². The van der Waals surface area contributed by atoms with Gasteiger partial charge in [-0.15, -0.1) is 0 Å². The van der Waals surface area contributed by atoms with Crippen molar-refractivity contribution >= 4 is 5.91 Å². The van der Waals surface area contributed by atoms with Crippen LogP contribution in [0.3, 0.4) is 0 Å². The number of nitrogens with one attached hydrogen (secondary N) is 1. The predicted molar refractivity (Wildman–Crippen MR) is 84.4 cm³/mol. The van der Waals surface area contributed by atoms with Crippen LogP contribution in [0.15, 0.2) is 30.3 Å². The maximum Gasteiger partial charge on any atom is 0.234 e. The Kier molecular flexibility index (Phi) is 6.05. The minimum Gasteiger partial charge on any atom is -0.491 e. The summed E-state index contributed by atoms with van der Waals surface area (Å²) in [5.74, 6) is 0.927. The topological polar surface area (TPSA) is 41.6 Å². The number of hydrogen-bond donors (Lipinski definition) is 1. The van der Waals surface area contributed by atoms with Crippen molar-refractivity contribution in [1.29, 1.82) is 0 Å². The molecule has 0 saturated carbocycles. The molecule has 4 nitrogen and oxygen atoms in total. The van der Waals surface area contributed by atoms with Gasteiger partial charge in [0.25, 0.3) is 0 Å². The van der Waals surface area contributed by atoms with Crippen molar-refractivity contribution in [1.82, 2.24) is 10.2 Å². The molecular formula is C17H26N2O2. The lowest BCUT2D eigenvalue weighted by atomic mass is 10.0. The number of rotatable bonds is 6. The van der Waals surface area contributed by atoms with E-state index in [9.17, 15) is 4.79 Å². The summed E-state index contributed by atoms with van der Waals surface area (Å²) in [5.41, 5.74) is 0. The summed E-state index contributed by atoms with van der Waals surface area (Å²) in [6, 6.07) is 10.2. The van der Waals surface area contributed by atoms with Crippen LogP contribution >= 0.6 is 0 Å². The maximum absolute atomic E-state index is 12.1. The second-order valence-electron chi connectivity index (χ2n) is 5.91. The lowest BCUT2D eigenvalue weighted by Crippen LogP contribution is -2.47. The molecule has 1 aliphatic rings. The lowest BCUT2D eigenvalue weighted by molar-refractivity contribution is -0.123. The van der Waals surface area contributed by atoms with Crippen molar-refractivity contribution in [3.8, 4) is 5.75 Å². The molecular weight excluding hydrogens is 264 g/mol. The highest BCUT2D eigenvalue weighted by atomic mass is 16.5. The molecule has 0 radical (unpaired) electrons. The standard InChI is InChI=1S/C17H26N2O2/c1-14(13-21-16-9-4-3-5-10-16)18-17(20)12-19-11-7-6-8-15(19)2/h3-5,9-10,14-15H,6-8,11-13H2,1-2H3,(H,18,20)/t14-,15-/m1/s1. The fraction of sp³-hybridized carbons (Fsp3) is 0.588. The minimum atomic E-state index is 0.0119. The first kappa shape index (κ1) is 15.8. The van der Waals surface area contributed by atoms with Gasteiger partial charge < -0.3 is 10.1 Å². The molecule has 116 valence electrons. The van der Waals surface area contributed by atoms with Gasteiger partial charge in [-0.25, -0.2) is 0 Å². The first-order chi connectivity index (χ1) is 10.1. The highest BCUT2D eigenvalue weighted by Gasteiger charge is 2.21. The molecule has 1 amide bonds. The van der Waals surface area contributed by atoms with Gasteiger partial charge in [0.1, 0.15) is 12.4 Å². The van der Waals surface area contributed by atoms with Crippen LogP contribution in [-0.4, -0.2) is 42.6 Å². The predicted octanol–water partition coefficient (Wildman–Crippen LogP) is 2.44. The van der Waals surface area contributed by atoms with Gasteiger partial charge in [-0.1, -0.05) is 24.6 Å². The molecule has 0 bridgehead atoms. The molecule has 1 heterocycles. The van der Waals surface area contributed by atoms with Gasteiger partial charge in [0, 0.05) is 6.04 Å². The molecule has 1 N–H and O–H groups in total. The molecule has 4 heteroatoms. The van der Waals surface area contributed by atoms with Crippen molar-refractivity contribution in [2.24, 2.45) is 0 Å². The average molecular weight is 290 g/mol. The molecule has 0 spiro atoms. The highest BCUT2D eigenvalue weighted by molar-refractivity contribution is 5.78. The third-order valence-corrected chi connectivity index (χ3v) is 3.94. The van der Waals surface area contributed by atoms with E-state index in [1.54, 1.807) is 0 Å². The van der Waals surface area contributed by atoms with E-state index in [1.165, 1.54) is 19.3 Å². The monoisotopic (exact) mass is 290 g/mol. The molecule has 21 heavy (non-hydrogen) atoms. The smallest absolute Gasteiger partial charge is 0.234 e. The van der Waals surface area contributed by atoms with Crippen LogP contribution in [-0.2, 0) is 4.79 Å². The van der Waals surface area contributed by atoms with Gasteiger partial charge in [-0.05, 0) is 45.4 Å². The number of piperidine rings is 1. The molecule has 2 atom stereocenters. The zero-order chi connectivity index (χ0) is 15.1. The Balaban J connectivity index is 1.69. The summed E-state index contributed by atoms with van der Waals surface area (Å²) in [5, 5.41) is 3.01. The molecule has 1 aromatic rings. The van der Waals surface area contributed by atoms with E-state index in [0.29, 0.717) is 19.2 Å². The summed E-state index contributed by atoms with van der Waals surface area (Å²) >= 11 is 0. The molecule has 1 aromatic carbocycles. The van der Waals surface area contributed by atoms with Crippen molar-refractivity contribution in [3.63, 3.8) is 0 Å². The number of likely N-dealkylation sites (tertiary alicyclic amines) is 1. The summed E-state index contributed by atoms with van der Waals surface area (Å²) in [4.78, 5) is 14.3. The Bertz CT molecular complexity index is 436. The zero-order valence-electron chi connectivity index (χ0n) is 13.0. The van der Waals surface area contributed by atoms with Gasteiger partial charge >= 0.3 is 0 Å². The Morgan fingerprint density at radius 2 is 2.14 bits per heavy atom. The van der Waals surface area contributed by atoms with E-state index in [0.717, 1.165) is 12.3 Å². The highest BCUT2D eigenvalue weighted by Crippen LogP contribution is 2.15. The SMILES string of the molecule is C[C@H](COc1ccccc1)NC(=O)CN1CCCC[C@H]1C. The van der Waals surface area contributed by atoms with Crippen molar-refractivity contribution in [2.45, 2.75) is 45.2 Å². The Morgan fingerprint density at radius 3 is 2.86 bits per heavy atom. The molecule has 0 unspecified atom stereocenters. The fourth-order valence-electron chi connectivity index (χ4n) is 2.68. The summed E-state index contributed by atoms with van der Waals surface area (Å²) in [7, 11) is 0. The number of nitrogens with zero attached hydrogens (tertiary/aromatic N) is 1. The summed E-state index contributed by atoms with van der Waals surface area (Å²) < 4.78 is 5.65. The van der Waals surface area contributed by atoms with Crippen LogP contribution in [0.2, 0.25) is 0 Å². The molecule has 1 aliphatic heterocycles. The van der Waals surface area contributed by atoms with Crippen LogP contribution in [0.1, 0.15) is 33.1 Å². The summed E-state index contributed by atoms with van der Waals surface area (Å²) in [6.07, 6.45) is 3.67. The Morgan fingerprint density at radius 1 is 1.38 bits per heavy atom. The van der Waals surface area contributed by atoms with E-state index >= 15 is 0 Å². The third-order valence-electron chi connectivity index (χ3n) is 3.94. The number of ether oxygens (including phenoxy) is 1. The van der Waals surface area contributed by atoms with E-state index in [-0.39, 0.29) is 11.9 Å². The van der Waals surface area contributed by atoms with Crippen LogP contribution in [0, 0.1) is 0 Å². The number of carbonyl (C=O) groups excluding carboxylic acids is 1. The molecule has 1 saturated heterocycles. The van der Waals surface area contributed by atoms with Gasteiger partial charge in [0.05, 0.1) is 12.6 Å². The Hall–Kier alpha value is -1.55. The van der Waals surface area contributed by atoms with Crippen LogP contribution in [0.5, 0.6) is 5.75 Å². The molecule has 2 rings (SSSR count). The first-order valence-corrected chi connectivity index (χ1v) is 7.86. The maximum atomic E-state index is 12.1. The van der Waals surface area contributed by atoms with Gasteiger partial charge in [0.15, 0.2) is 0 Å². The number of para-hydroxylation sites is 1. The fourth-order valence-corrected chi connectivity index (χ4v) is 2.68. The van der Waals surface area contributed by atoms with Crippen molar-refractivity contribution < 1.29 is 9.53 Å². The normalized spacial score (nSPS) is 20.8. The van der Waals surface area contributed by atoms with Crippen molar-refractivity contribution in [2.75, 3.05) is 19.7 Å². The van der Waals surface area contributed by atoms with Crippen molar-refractivity contribution in [3.05, 3.63) is 30.3 Å². The second-order valence-corrected chi connectivity index (χ2v) is 5.91. The Labute approximate surface area is 127 Å².